The third-order valence-electron chi connectivity index (χ3n) is 3.43. The summed E-state index contributed by atoms with van der Waals surface area (Å²) in [5.41, 5.74) is 2.84. The van der Waals surface area contributed by atoms with Crippen LogP contribution in [0.3, 0.4) is 0 Å². The van der Waals surface area contributed by atoms with E-state index in [4.69, 9.17) is 0 Å². The van der Waals surface area contributed by atoms with Crippen LogP contribution in [0.5, 0.6) is 5.75 Å². The van der Waals surface area contributed by atoms with Gasteiger partial charge < -0.3 is 5.11 Å². The molecule has 0 unspecified atom stereocenters. The van der Waals surface area contributed by atoms with Crippen LogP contribution < -0.4 is 0 Å². The Hall–Kier alpha value is -2.59. The van der Waals surface area contributed by atoms with Crippen LogP contribution in [-0.4, -0.2) is 24.6 Å². The van der Waals surface area contributed by atoms with E-state index < -0.39 is 0 Å². The number of hydrogen-bond donors (Lipinski definition) is 1. The zero-order valence-corrected chi connectivity index (χ0v) is 15.3. The molecule has 108 valence electrons. The maximum Gasteiger partial charge on any atom is 0.169 e. The largest absolute Gasteiger partial charge is 0.506 e. The fraction of sp³-hybridized carbons (Fsp3) is 0. The fourth-order valence-electron chi connectivity index (χ4n) is 2.46. The normalized spacial score (nSPS) is 10.4. The minimum atomic E-state index is 0. The van der Waals surface area contributed by atoms with Crippen LogP contribution in [0, 0.1) is 0 Å². The molecule has 0 saturated heterocycles. The first-order valence-corrected chi connectivity index (χ1v) is 6.88. The number of hydrogen-bond acceptors (Lipinski definition) is 4. The summed E-state index contributed by atoms with van der Waals surface area (Å²) in [6.45, 7) is 0. The van der Waals surface area contributed by atoms with Crippen LogP contribution in [0.2, 0.25) is 0 Å². The maximum absolute atomic E-state index is 10.1. The van der Waals surface area contributed by atoms with Gasteiger partial charge in [0.25, 0.3) is 0 Å². The molecule has 3 heterocycles. The Bertz CT molecular complexity index is 953. The summed E-state index contributed by atoms with van der Waals surface area (Å²) in [6.07, 6.45) is 3.36. The van der Waals surface area contributed by atoms with Gasteiger partial charge in [-0.1, -0.05) is 18.2 Å². The molecule has 5 nitrogen and oxygen atoms in total. The zero-order chi connectivity index (χ0) is 14.9. The number of nitrogens with zero attached hydrogens (tertiary/aromatic N) is 4. The maximum atomic E-state index is 10.1. The predicted octanol–water partition coefficient (Wildman–Crippen LogP) is 3.19. The van der Waals surface area contributed by atoms with Gasteiger partial charge in [0, 0.05) is 37.6 Å². The molecule has 0 amide bonds. The molecule has 0 fully saturated rings. The van der Waals surface area contributed by atoms with Crippen molar-refractivity contribution in [3.8, 4) is 23.0 Å². The average Bonchev–Trinajstić information content (AvgIpc) is 2.95. The van der Waals surface area contributed by atoms with Gasteiger partial charge in [0.15, 0.2) is 11.5 Å². The van der Waals surface area contributed by atoms with Crippen molar-refractivity contribution in [1.82, 2.24) is 19.5 Å². The first kappa shape index (κ1) is 15.3. The number of aromatic nitrogens is 4. The second kappa shape index (κ2) is 6.26. The Morgan fingerprint density at radius 1 is 0.826 bits per heavy atom. The smallest absolute Gasteiger partial charge is 0.169 e. The molecular weight excluding hydrogens is 342 g/mol. The van der Waals surface area contributed by atoms with Crippen LogP contribution in [-0.2, 0) is 19.5 Å². The van der Waals surface area contributed by atoms with Crippen LogP contribution in [0.15, 0.2) is 67.0 Å². The van der Waals surface area contributed by atoms with Crippen molar-refractivity contribution in [1.29, 1.82) is 0 Å². The second-order valence-electron chi connectivity index (χ2n) is 4.82. The molecule has 0 bridgehead atoms. The molecule has 0 aliphatic rings. The van der Waals surface area contributed by atoms with Gasteiger partial charge >= 0.3 is 0 Å². The van der Waals surface area contributed by atoms with Crippen molar-refractivity contribution in [2.75, 3.05) is 0 Å². The van der Waals surface area contributed by atoms with Gasteiger partial charge in [-0.25, -0.2) is 15.0 Å². The molecule has 0 radical (unpaired) electrons. The number of fused-ring (bicyclic) bond motifs is 1. The van der Waals surface area contributed by atoms with Crippen molar-refractivity contribution >= 4 is 11.2 Å². The minimum Gasteiger partial charge on any atom is -0.506 e. The van der Waals surface area contributed by atoms with E-state index in [-0.39, 0.29) is 25.2 Å². The van der Waals surface area contributed by atoms with Crippen LogP contribution in [0.1, 0.15) is 0 Å². The number of imidazole rings is 1. The van der Waals surface area contributed by atoms with E-state index in [0.717, 1.165) is 16.9 Å². The number of pyridine rings is 2. The second-order valence-corrected chi connectivity index (χ2v) is 4.82. The first-order chi connectivity index (χ1) is 10.8. The fourth-order valence-corrected chi connectivity index (χ4v) is 2.46. The van der Waals surface area contributed by atoms with Crippen molar-refractivity contribution in [3.63, 3.8) is 0 Å². The van der Waals surface area contributed by atoms with Crippen LogP contribution in [0.4, 0.5) is 0 Å². The van der Waals surface area contributed by atoms with Gasteiger partial charge in [-0.3, -0.25) is 4.57 Å². The Morgan fingerprint density at radius 3 is 2.35 bits per heavy atom. The van der Waals surface area contributed by atoms with Crippen LogP contribution >= 0.6 is 0 Å². The third kappa shape index (κ3) is 2.62. The summed E-state index contributed by atoms with van der Waals surface area (Å²) in [7, 11) is 0. The minimum absolute atomic E-state index is 0. The van der Waals surface area contributed by atoms with E-state index in [2.05, 4.69) is 15.0 Å². The summed E-state index contributed by atoms with van der Waals surface area (Å²) < 4.78 is 1.90. The van der Waals surface area contributed by atoms with Gasteiger partial charge in [0.2, 0.25) is 0 Å². The Balaban J connectivity index is 0.00000156. The number of benzene rings is 1. The van der Waals surface area contributed by atoms with Gasteiger partial charge in [-0.2, -0.15) is 0 Å². The van der Waals surface area contributed by atoms with E-state index in [1.807, 2.05) is 47.0 Å². The van der Waals surface area contributed by atoms with Crippen molar-refractivity contribution in [2.45, 2.75) is 0 Å². The molecule has 0 atom stereocenters. The third-order valence-corrected chi connectivity index (χ3v) is 3.43. The molecule has 23 heavy (non-hydrogen) atoms. The quantitative estimate of drug-likeness (QED) is 0.562. The molecule has 6 heteroatoms. The van der Waals surface area contributed by atoms with Gasteiger partial charge in [-0.05, 0) is 36.4 Å². The first-order valence-electron chi connectivity index (χ1n) is 6.88. The van der Waals surface area contributed by atoms with Gasteiger partial charge in [-0.15, -0.1) is 0 Å². The van der Waals surface area contributed by atoms with Crippen molar-refractivity contribution in [2.24, 2.45) is 0 Å². The molecule has 0 aliphatic heterocycles. The van der Waals surface area contributed by atoms with E-state index in [1.54, 1.807) is 24.5 Å². The molecule has 4 rings (SSSR count). The summed E-state index contributed by atoms with van der Waals surface area (Å²) in [6, 6.07) is 16.8. The predicted molar refractivity (Wildman–Crippen MR) is 83.8 cm³/mol. The van der Waals surface area contributed by atoms with Crippen molar-refractivity contribution < 1.29 is 24.6 Å². The Kier molecular flexibility index (Phi) is 4.17. The standard InChI is InChI=1S/C17H12N4O.Zn/c22-14-9-5-10-18-15(14)17-20-13-8-4-11-19-16(13)21(17)12-6-2-1-3-7-12;/h1-11,22H;. The number of para-hydroxylation sites is 1. The van der Waals surface area contributed by atoms with E-state index in [1.165, 1.54) is 0 Å². The summed E-state index contributed by atoms with van der Waals surface area (Å²) in [5, 5.41) is 10.1. The van der Waals surface area contributed by atoms with Gasteiger partial charge in [0.1, 0.15) is 17.0 Å². The van der Waals surface area contributed by atoms with E-state index >= 15 is 0 Å². The van der Waals surface area contributed by atoms with Crippen LogP contribution in [0.25, 0.3) is 28.4 Å². The Labute approximate surface area is 145 Å². The summed E-state index contributed by atoms with van der Waals surface area (Å²) in [4.78, 5) is 13.3. The monoisotopic (exact) mass is 352 g/mol. The summed E-state index contributed by atoms with van der Waals surface area (Å²) in [5.74, 6) is 0.660. The molecule has 4 aromatic rings. The topological polar surface area (TPSA) is 63.8 Å². The summed E-state index contributed by atoms with van der Waals surface area (Å²) >= 11 is 0. The van der Waals surface area contributed by atoms with E-state index in [0.29, 0.717) is 11.5 Å². The SMILES string of the molecule is Oc1cccnc1-c1nc2cccnc2n1-c1ccccc1.[Zn]. The Morgan fingerprint density at radius 2 is 1.57 bits per heavy atom. The molecule has 0 spiro atoms. The van der Waals surface area contributed by atoms with Crippen molar-refractivity contribution in [3.05, 3.63) is 67.0 Å². The van der Waals surface area contributed by atoms with Gasteiger partial charge in [0.05, 0.1) is 0 Å². The molecule has 1 aromatic carbocycles. The number of rotatable bonds is 2. The molecule has 3 aromatic heterocycles. The molecule has 1 N–H and O–H groups in total. The molecule has 0 saturated carbocycles. The zero-order valence-electron chi connectivity index (χ0n) is 12.3. The average molecular weight is 354 g/mol. The van der Waals surface area contributed by atoms with E-state index in [9.17, 15) is 5.11 Å². The molecule has 0 aliphatic carbocycles. The molecular formula is C17H12N4OZn. The number of aromatic hydroxyl groups is 1.